The number of hydrogen-bond acceptors (Lipinski definition) is 0. The Balaban J connectivity index is 2.97. The first kappa shape index (κ1) is 8.94. The predicted molar refractivity (Wildman–Crippen MR) is 61.4 cm³/mol. The fourth-order valence-electron chi connectivity index (χ4n) is 1.43. The summed E-state index contributed by atoms with van der Waals surface area (Å²) in [5.41, 5.74) is 0.711. The van der Waals surface area contributed by atoms with E-state index in [0.717, 1.165) is 8.96 Å². The van der Waals surface area contributed by atoms with Crippen molar-refractivity contribution in [3.8, 4) is 0 Å². The van der Waals surface area contributed by atoms with Crippen molar-refractivity contribution in [2.24, 2.45) is 0 Å². The van der Waals surface area contributed by atoms with Crippen molar-refractivity contribution in [1.82, 2.24) is 0 Å². The molecule has 0 atom stereocenters. The Morgan fingerprint density at radius 2 is 1.77 bits per heavy atom. The number of hydrogen-bond donors (Lipinski definition) is 0. The molecule has 0 nitrogen and oxygen atoms in total. The molecule has 0 fully saturated rings. The summed E-state index contributed by atoms with van der Waals surface area (Å²) in [7, 11) is 0. The predicted octanol–water partition coefficient (Wildman–Crippen LogP) is 3.89. The largest absolute Gasteiger partial charge is 0.206 e. The van der Waals surface area contributed by atoms with Crippen molar-refractivity contribution in [1.29, 1.82) is 0 Å². The number of rotatable bonds is 0. The van der Waals surface area contributed by atoms with Crippen LogP contribution in [0.2, 0.25) is 0 Å². The van der Waals surface area contributed by atoms with E-state index in [1.807, 2.05) is 30.3 Å². The average Bonchev–Trinajstić information content (AvgIpc) is 2.15. The van der Waals surface area contributed by atoms with Crippen molar-refractivity contribution in [2.75, 3.05) is 0 Å². The number of aryl methyl sites for hydroxylation is 1. The van der Waals surface area contributed by atoms with Gasteiger partial charge in [0.2, 0.25) is 0 Å². The van der Waals surface area contributed by atoms with Crippen molar-refractivity contribution in [3.63, 3.8) is 0 Å². The molecule has 0 amide bonds. The van der Waals surface area contributed by atoms with Crippen LogP contribution >= 0.6 is 22.6 Å². The van der Waals surface area contributed by atoms with Gasteiger partial charge in [-0.3, -0.25) is 0 Å². The molecule has 66 valence electrons. The van der Waals surface area contributed by atoms with Crippen molar-refractivity contribution >= 4 is 33.4 Å². The van der Waals surface area contributed by atoms with Gasteiger partial charge in [-0.2, -0.15) is 0 Å². The van der Waals surface area contributed by atoms with E-state index >= 15 is 0 Å². The summed E-state index contributed by atoms with van der Waals surface area (Å²) < 4.78 is 14.7. The molecule has 0 spiro atoms. The fraction of sp³-hybridized carbons (Fsp3) is 0.0909. The van der Waals surface area contributed by atoms with Crippen LogP contribution in [0.15, 0.2) is 30.3 Å². The molecule has 0 unspecified atom stereocenters. The van der Waals surface area contributed by atoms with E-state index in [9.17, 15) is 4.39 Å². The topological polar surface area (TPSA) is 0 Å². The first-order valence-electron chi connectivity index (χ1n) is 4.03. The van der Waals surface area contributed by atoms with Gasteiger partial charge in [-0.25, -0.2) is 4.39 Å². The average molecular weight is 286 g/mol. The Labute approximate surface area is 89.9 Å². The minimum atomic E-state index is -0.101. The number of fused-ring (bicyclic) bond motifs is 1. The number of benzene rings is 2. The lowest BCUT2D eigenvalue weighted by Gasteiger charge is -2.04. The summed E-state index contributed by atoms with van der Waals surface area (Å²) in [5, 5.41) is 1.71. The summed E-state index contributed by atoms with van der Waals surface area (Å²) in [6.07, 6.45) is 0. The van der Waals surface area contributed by atoms with Crippen LogP contribution in [0.4, 0.5) is 4.39 Å². The van der Waals surface area contributed by atoms with Crippen molar-refractivity contribution in [3.05, 3.63) is 45.3 Å². The first-order valence-corrected chi connectivity index (χ1v) is 5.11. The van der Waals surface area contributed by atoms with Gasteiger partial charge < -0.3 is 0 Å². The highest BCUT2D eigenvalue weighted by Crippen LogP contribution is 2.25. The molecule has 0 aliphatic heterocycles. The Morgan fingerprint density at radius 1 is 1.15 bits per heavy atom. The highest BCUT2D eigenvalue weighted by molar-refractivity contribution is 14.1. The lowest BCUT2D eigenvalue weighted by molar-refractivity contribution is 0.630. The second kappa shape index (κ2) is 3.25. The van der Waals surface area contributed by atoms with Gasteiger partial charge in [-0.1, -0.05) is 24.3 Å². The van der Waals surface area contributed by atoms with Crippen LogP contribution < -0.4 is 0 Å². The maximum absolute atomic E-state index is 13.6. The fourth-order valence-corrected chi connectivity index (χ4v) is 2.36. The maximum atomic E-state index is 13.6. The van der Waals surface area contributed by atoms with E-state index in [0.29, 0.717) is 10.9 Å². The monoisotopic (exact) mass is 286 g/mol. The van der Waals surface area contributed by atoms with Gasteiger partial charge in [-0.05, 0) is 46.5 Å². The number of halogens is 2. The Hall–Kier alpha value is -0.640. The highest BCUT2D eigenvalue weighted by atomic mass is 127. The normalized spacial score (nSPS) is 10.7. The molecule has 0 aliphatic rings. The second-order valence-corrected chi connectivity index (χ2v) is 4.20. The molecule has 0 radical (unpaired) electrons. The van der Waals surface area contributed by atoms with Gasteiger partial charge in [-0.15, -0.1) is 0 Å². The van der Waals surface area contributed by atoms with Gasteiger partial charge in [0.15, 0.2) is 0 Å². The molecular formula is C11H8FI. The second-order valence-electron chi connectivity index (χ2n) is 3.03. The summed E-state index contributed by atoms with van der Waals surface area (Å²) in [6, 6.07) is 9.43. The van der Waals surface area contributed by atoms with Crippen LogP contribution in [0.25, 0.3) is 10.8 Å². The Bertz CT molecular complexity index is 463. The van der Waals surface area contributed by atoms with E-state index in [4.69, 9.17) is 0 Å². The van der Waals surface area contributed by atoms with Gasteiger partial charge in [0, 0.05) is 8.96 Å². The summed E-state index contributed by atoms with van der Waals surface area (Å²) in [5.74, 6) is -0.101. The zero-order chi connectivity index (χ0) is 9.42. The third-order valence-electron chi connectivity index (χ3n) is 2.11. The molecule has 0 saturated heterocycles. The van der Waals surface area contributed by atoms with Gasteiger partial charge >= 0.3 is 0 Å². The molecule has 2 aromatic rings. The highest BCUT2D eigenvalue weighted by Gasteiger charge is 2.06. The standard InChI is InChI=1S/C11H8FI/c1-7-6-10(13)8-4-2-3-5-9(8)11(7)12/h2-6H,1H3. The van der Waals surface area contributed by atoms with Crippen LogP contribution in [-0.2, 0) is 0 Å². The molecule has 0 heterocycles. The van der Waals surface area contributed by atoms with Crippen LogP contribution in [0.1, 0.15) is 5.56 Å². The molecule has 0 N–H and O–H groups in total. The summed E-state index contributed by atoms with van der Waals surface area (Å²) >= 11 is 2.23. The lowest BCUT2D eigenvalue weighted by atomic mass is 10.1. The summed E-state index contributed by atoms with van der Waals surface area (Å²) in [4.78, 5) is 0. The van der Waals surface area contributed by atoms with E-state index < -0.39 is 0 Å². The maximum Gasteiger partial charge on any atom is 0.134 e. The molecular weight excluding hydrogens is 278 g/mol. The van der Waals surface area contributed by atoms with E-state index in [1.54, 1.807) is 6.92 Å². The van der Waals surface area contributed by atoms with Crippen molar-refractivity contribution < 1.29 is 4.39 Å². The van der Waals surface area contributed by atoms with Crippen LogP contribution in [0.5, 0.6) is 0 Å². The molecule has 0 saturated carbocycles. The molecule has 2 heteroatoms. The molecule has 0 bridgehead atoms. The third-order valence-corrected chi connectivity index (χ3v) is 3.00. The minimum absolute atomic E-state index is 0.101. The van der Waals surface area contributed by atoms with Gasteiger partial charge in [0.25, 0.3) is 0 Å². The van der Waals surface area contributed by atoms with Gasteiger partial charge in [0.05, 0.1) is 0 Å². The van der Waals surface area contributed by atoms with E-state index in [2.05, 4.69) is 22.6 Å². The van der Waals surface area contributed by atoms with Crippen molar-refractivity contribution in [2.45, 2.75) is 6.92 Å². The summed E-state index contributed by atoms with van der Waals surface area (Å²) in [6.45, 7) is 1.80. The molecule has 0 aliphatic carbocycles. The van der Waals surface area contributed by atoms with Crippen LogP contribution in [0.3, 0.4) is 0 Å². The molecule has 2 rings (SSSR count). The zero-order valence-electron chi connectivity index (χ0n) is 7.14. The van der Waals surface area contributed by atoms with Crippen LogP contribution in [0, 0.1) is 16.3 Å². The lowest BCUT2D eigenvalue weighted by Crippen LogP contribution is -1.87. The first-order chi connectivity index (χ1) is 6.20. The van der Waals surface area contributed by atoms with Gasteiger partial charge in [0.1, 0.15) is 5.82 Å². The zero-order valence-corrected chi connectivity index (χ0v) is 9.30. The Kier molecular flexibility index (Phi) is 2.24. The SMILES string of the molecule is Cc1cc(I)c2ccccc2c1F. The quantitative estimate of drug-likeness (QED) is 0.644. The van der Waals surface area contributed by atoms with E-state index in [1.165, 1.54) is 0 Å². The molecule has 2 aromatic carbocycles. The van der Waals surface area contributed by atoms with E-state index in [-0.39, 0.29) is 5.82 Å². The smallest absolute Gasteiger partial charge is 0.134 e. The third kappa shape index (κ3) is 1.43. The minimum Gasteiger partial charge on any atom is -0.206 e. The Morgan fingerprint density at radius 3 is 2.46 bits per heavy atom. The van der Waals surface area contributed by atoms with Crippen LogP contribution in [-0.4, -0.2) is 0 Å². The molecule has 13 heavy (non-hydrogen) atoms. The molecule has 0 aromatic heterocycles.